The summed E-state index contributed by atoms with van der Waals surface area (Å²) in [6, 6.07) is -2.87. The van der Waals surface area contributed by atoms with Gasteiger partial charge in [-0.05, 0) is 0 Å². The van der Waals surface area contributed by atoms with Crippen LogP contribution in [0.2, 0.25) is 0 Å². The van der Waals surface area contributed by atoms with Gasteiger partial charge in [-0.1, -0.05) is 0 Å². The van der Waals surface area contributed by atoms with Crippen LogP contribution in [0, 0.1) is 0 Å². The number of hydrogen-bond donors (Lipinski definition) is 19. The van der Waals surface area contributed by atoms with Crippen molar-refractivity contribution in [2.75, 3.05) is 46.2 Å². The summed E-state index contributed by atoms with van der Waals surface area (Å²) in [6.07, 6.45) is -50.3. The highest BCUT2D eigenvalue weighted by atomic mass is 16.8. The molecule has 0 aromatic carbocycles. The molecule has 72 heavy (non-hydrogen) atoms. The van der Waals surface area contributed by atoms with Gasteiger partial charge < -0.3 is 150 Å². The Labute approximate surface area is 408 Å². The standard InChI is InChI=1S/C40H68N2O30/c1-10(48)41-12-8-62-16(6-46)32(20(12)50)69-39-31(61)34(71-38-30(60)27(57)22(52)14(4-44)65-38)24(54)18(68-39)9-63-40-35(28(58)23(53)15(5-45)66-40)72-36-19(42-11(2)49)25(55)33(17(7-47)67-36)70-37-29(59)26(56)21(51)13(3-43)64-37/h12-40,43-47,50-61H,3-9H2,1-2H3,(H,41,48)(H,42,49)/t12-,13+,14+,15+,16+,17+,18+,19+,20+,21-,22+,23+,24+,25+,26-,27-,28-,29+,30-,31-,32+,33+,34-,35-,36-,37-,38+,39-,40-/m0/s1. The van der Waals surface area contributed by atoms with E-state index < -0.39 is 229 Å². The Morgan fingerprint density at radius 3 is 1.32 bits per heavy atom. The highest BCUT2D eigenvalue weighted by Crippen LogP contribution is 2.36. The van der Waals surface area contributed by atoms with Crippen molar-refractivity contribution in [1.82, 2.24) is 10.6 Å². The van der Waals surface area contributed by atoms with E-state index in [0.29, 0.717) is 0 Å². The van der Waals surface area contributed by atoms with Crippen LogP contribution in [0.4, 0.5) is 0 Å². The van der Waals surface area contributed by atoms with Crippen LogP contribution in [-0.2, 0) is 61.7 Å². The fourth-order valence-electron chi connectivity index (χ4n) is 9.14. The van der Waals surface area contributed by atoms with E-state index in [0.717, 1.165) is 13.8 Å². The number of hydrogen-bond acceptors (Lipinski definition) is 30. The number of nitrogens with one attached hydrogen (secondary N) is 2. The zero-order chi connectivity index (χ0) is 53.0. The molecule has 6 rings (SSSR count). The number of rotatable bonds is 18. The van der Waals surface area contributed by atoms with Gasteiger partial charge in [0, 0.05) is 13.8 Å². The Morgan fingerprint density at radius 1 is 0.403 bits per heavy atom. The van der Waals surface area contributed by atoms with Gasteiger partial charge in [-0.15, -0.1) is 0 Å². The molecule has 0 aliphatic carbocycles. The Morgan fingerprint density at radius 2 is 0.819 bits per heavy atom. The molecule has 6 aliphatic heterocycles. The fraction of sp³-hybridized carbons (Fsp3) is 0.950. The van der Waals surface area contributed by atoms with Crippen molar-refractivity contribution in [3.8, 4) is 0 Å². The molecule has 0 radical (unpaired) electrons. The number of carbonyl (C=O) groups is 2. The van der Waals surface area contributed by atoms with Crippen molar-refractivity contribution in [3.63, 3.8) is 0 Å². The molecule has 0 saturated carbocycles. The van der Waals surface area contributed by atoms with E-state index in [2.05, 4.69) is 10.6 Å². The zero-order valence-corrected chi connectivity index (χ0v) is 38.6. The average molecular weight is 1060 g/mol. The van der Waals surface area contributed by atoms with Crippen LogP contribution in [0.15, 0.2) is 0 Å². The third kappa shape index (κ3) is 12.8. The first-order valence-corrected chi connectivity index (χ1v) is 23.0. The molecule has 6 heterocycles. The number of aliphatic hydroxyl groups is 17. The summed E-state index contributed by atoms with van der Waals surface area (Å²) in [7, 11) is 0. The lowest BCUT2D eigenvalue weighted by atomic mass is 9.94. The van der Waals surface area contributed by atoms with E-state index in [1.807, 2.05) is 0 Å². The quantitative estimate of drug-likeness (QED) is 0.0606. The fourth-order valence-corrected chi connectivity index (χ4v) is 9.14. The second-order valence-electron chi connectivity index (χ2n) is 18.2. The molecule has 19 N–H and O–H groups in total. The van der Waals surface area contributed by atoms with Gasteiger partial charge in [0.15, 0.2) is 31.5 Å². The van der Waals surface area contributed by atoms with Crippen molar-refractivity contribution >= 4 is 11.8 Å². The molecule has 32 heteroatoms. The summed E-state index contributed by atoms with van der Waals surface area (Å²) in [4.78, 5) is 24.4. The monoisotopic (exact) mass is 1060 g/mol. The minimum atomic E-state index is -2.15. The second-order valence-corrected chi connectivity index (χ2v) is 18.2. The normalized spacial score (nSPS) is 49.2. The van der Waals surface area contributed by atoms with E-state index in [-0.39, 0.29) is 6.61 Å². The molecule has 6 aliphatic rings. The minimum Gasteiger partial charge on any atom is -0.394 e. The van der Waals surface area contributed by atoms with Crippen LogP contribution < -0.4 is 10.6 Å². The Bertz CT molecular complexity index is 1710. The van der Waals surface area contributed by atoms with Gasteiger partial charge in [0.25, 0.3) is 0 Å². The summed E-state index contributed by atoms with van der Waals surface area (Å²) < 4.78 is 63.3. The summed E-state index contributed by atoms with van der Waals surface area (Å²) in [6.45, 7) is -3.58. The third-order valence-electron chi connectivity index (χ3n) is 13.1. The molecule has 0 bridgehead atoms. The molecule has 418 valence electrons. The molecule has 2 amide bonds. The van der Waals surface area contributed by atoms with E-state index >= 15 is 0 Å². The highest BCUT2D eigenvalue weighted by Gasteiger charge is 2.57. The number of ether oxygens (including phenoxy) is 11. The van der Waals surface area contributed by atoms with Crippen LogP contribution in [0.3, 0.4) is 0 Å². The maximum atomic E-state index is 12.5. The summed E-state index contributed by atoms with van der Waals surface area (Å²) in [5.74, 6) is -1.42. The van der Waals surface area contributed by atoms with Gasteiger partial charge in [0.05, 0.1) is 52.3 Å². The topological polar surface area (TPSA) is 504 Å². The predicted molar refractivity (Wildman–Crippen MR) is 221 cm³/mol. The highest BCUT2D eigenvalue weighted by molar-refractivity contribution is 5.73. The smallest absolute Gasteiger partial charge is 0.217 e. The minimum absolute atomic E-state index is 0.300. The van der Waals surface area contributed by atoms with Crippen LogP contribution in [-0.4, -0.2) is 323 Å². The zero-order valence-electron chi connectivity index (χ0n) is 38.6. The summed E-state index contributed by atoms with van der Waals surface area (Å²) >= 11 is 0. The van der Waals surface area contributed by atoms with Crippen LogP contribution in [0.1, 0.15) is 13.8 Å². The molecule has 6 saturated heterocycles. The first kappa shape index (κ1) is 59.1. The van der Waals surface area contributed by atoms with Crippen molar-refractivity contribution in [2.45, 2.75) is 192 Å². The van der Waals surface area contributed by atoms with Crippen LogP contribution >= 0.6 is 0 Å². The number of amides is 2. The molecule has 0 aromatic rings. The van der Waals surface area contributed by atoms with Gasteiger partial charge in [-0.3, -0.25) is 9.59 Å². The van der Waals surface area contributed by atoms with Gasteiger partial charge in [0.2, 0.25) is 11.8 Å². The van der Waals surface area contributed by atoms with E-state index in [9.17, 15) is 96.4 Å². The maximum Gasteiger partial charge on any atom is 0.217 e. The Kier molecular flexibility index (Phi) is 21.1. The van der Waals surface area contributed by atoms with Crippen molar-refractivity contribution < 1.29 is 149 Å². The van der Waals surface area contributed by atoms with Gasteiger partial charge >= 0.3 is 0 Å². The SMILES string of the molecule is CC(=O)N[C@H]1[C@H](O[C@@H]2[C@@H](OC[C@H]3O[C@@H](O[C@H]4[C@H](O)[C@@H](NC(C)=O)CO[C@@H]4CO)[C@@H](O)[C@@H](O[C@H]4O[C@H](CO)[C@@H](O)[C@H](O)[C@@H]4O)[C@@H]3O)O[C@H](CO)[C@@H](O)[C@@H]2O)O[C@H](CO)[C@@H](O[C@@H]2O[C@H](CO)[C@H](O)[C@H](O)[C@H]2O)[C@@H]1O. The van der Waals surface area contributed by atoms with Gasteiger partial charge in [0.1, 0.15) is 140 Å². The average Bonchev–Trinajstić information content (AvgIpc) is 3.35. The Balaban J connectivity index is 1.26. The summed E-state index contributed by atoms with van der Waals surface area (Å²) in [5, 5.41) is 186. The van der Waals surface area contributed by atoms with E-state index in [1.165, 1.54) is 0 Å². The van der Waals surface area contributed by atoms with Gasteiger partial charge in [-0.2, -0.15) is 0 Å². The lowest BCUT2D eigenvalue weighted by Gasteiger charge is -2.49. The predicted octanol–water partition coefficient (Wildman–Crippen LogP) is -13.1. The van der Waals surface area contributed by atoms with Crippen molar-refractivity contribution in [3.05, 3.63) is 0 Å². The molecule has 0 aromatic heterocycles. The van der Waals surface area contributed by atoms with Crippen LogP contribution in [0.5, 0.6) is 0 Å². The number of carbonyl (C=O) groups excluding carboxylic acids is 2. The largest absolute Gasteiger partial charge is 0.394 e. The molecular weight excluding hydrogens is 988 g/mol. The van der Waals surface area contributed by atoms with E-state index in [4.69, 9.17) is 52.1 Å². The number of aliphatic hydroxyl groups excluding tert-OH is 17. The lowest BCUT2D eigenvalue weighted by Crippen LogP contribution is -2.69. The molecular formula is C40H68N2O30. The van der Waals surface area contributed by atoms with Crippen molar-refractivity contribution in [2.24, 2.45) is 0 Å². The Hall–Kier alpha value is -2.18. The molecule has 0 spiro atoms. The molecule has 32 nitrogen and oxygen atoms in total. The maximum absolute atomic E-state index is 12.5. The summed E-state index contributed by atoms with van der Waals surface area (Å²) in [5.41, 5.74) is 0. The third-order valence-corrected chi connectivity index (χ3v) is 13.1. The van der Waals surface area contributed by atoms with Crippen molar-refractivity contribution in [1.29, 1.82) is 0 Å². The van der Waals surface area contributed by atoms with E-state index in [1.54, 1.807) is 0 Å². The van der Waals surface area contributed by atoms with Gasteiger partial charge in [-0.25, -0.2) is 0 Å². The first-order chi connectivity index (χ1) is 34.1. The lowest BCUT2D eigenvalue weighted by molar-refractivity contribution is -0.384. The molecule has 0 unspecified atom stereocenters. The first-order valence-electron chi connectivity index (χ1n) is 23.0. The van der Waals surface area contributed by atoms with Crippen LogP contribution in [0.25, 0.3) is 0 Å². The molecule has 6 fully saturated rings. The molecule has 29 atom stereocenters. The second kappa shape index (κ2) is 25.8.